The molecule has 6 nitrogen and oxygen atoms in total. The predicted molar refractivity (Wildman–Crippen MR) is 114 cm³/mol. The lowest BCUT2D eigenvalue weighted by molar-refractivity contribution is 0.222. The van der Waals surface area contributed by atoms with Crippen molar-refractivity contribution in [2.75, 3.05) is 25.0 Å². The number of hydrogen-bond acceptors (Lipinski definition) is 2. The van der Waals surface area contributed by atoms with Gasteiger partial charge >= 0.3 is 6.03 Å². The van der Waals surface area contributed by atoms with Crippen molar-refractivity contribution in [3.63, 3.8) is 0 Å². The van der Waals surface area contributed by atoms with E-state index in [0.717, 1.165) is 49.3 Å². The van der Waals surface area contributed by atoms with Crippen LogP contribution in [0.5, 0.6) is 0 Å². The summed E-state index contributed by atoms with van der Waals surface area (Å²) in [5.41, 5.74) is 1.87. The van der Waals surface area contributed by atoms with Crippen LogP contribution in [0.15, 0.2) is 47.5 Å². The van der Waals surface area contributed by atoms with E-state index >= 15 is 0 Å². The van der Waals surface area contributed by atoms with Crippen molar-refractivity contribution < 1.29 is 13.6 Å². The number of benzene rings is 2. The van der Waals surface area contributed by atoms with Gasteiger partial charge in [0.2, 0.25) is 0 Å². The van der Waals surface area contributed by atoms with Crippen molar-refractivity contribution in [2.24, 2.45) is 4.99 Å². The van der Waals surface area contributed by atoms with Crippen LogP contribution in [0.25, 0.3) is 0 Å². The average Bonchev–Trinajstić information content (AvgIpc) is 3.28. The lowest BCUT2D eigenvalue weighted by atomic mass is 10.2. The summed E-state index contributed by atoms with van der Waals surface area (Å²) in [6.45, 7) is 4.62. The van der Waals surface area contributed by atoms with Crippen LogP contribution in [-0.2, 0) is 13.1 Å². The molecule has 2 aromatic carbocycles. The third kappa shape index (κ3) is 6.17. The molecule has 30 heavy (non-hydrogen) atoms. The zero-order chi connectivity index (χ0) is 21.3. The summed E-state index contributed by atoms with van der Waals surface area (Å²) in [5, 5.41) is 9.03. The normalized spacial score (nSPS) is 14.0. The molecular formula is C22H27F2N5O. The largest absolute Gasteiger partial charge is 0.357 e. The molecule has 0 aromatic heterocycles. The lowest BCUT2D eigenvalue weighted by Gasteiger charge is -2.16. The van der Waals surface area contributed by atoms with Gasteiger partial charge in [-0.1, -0.05) is 12.1 Å². The van der Waals surface area contributed by atoms with Gasteiger partial charge in [0.25, 0.3) is 0 Å². The highest BCUT2D eigenvalue weighted by Crippen LogP contribution is 2.15. The number of guanidine groups is 1. The number of carbonyl (C=O) groups excluding carboxylic acids is 1. The standard InChI is InChI=1S/C22H27F2N5O/c1-2-25-21(27-15-17-13-18(23)8-9-20(17)24)26-14-16-6-5-7-19(12-16)28-22(30)29-10-3-4-11-29/h5-9,12-13H,2-4,10-11,14-15H2,1H3,(H,28,30)(H2,25,26,27). The number of urea groups is 1. The van der Waals surface area contributed by atoms with Gasteiger partial charge in [0.1, 0.15) is 11.6 Å². The van der Waals surface area contributed by atoms with Gasteiger partial charge in [-0.05, 0) is 55.7 Å². The van der Waals surface area contributed by atoms with E-state index < -0.39 is 11.6 Å². The Bertz CT molecular complexity index is 897. The first kappa shape index (κ1) is 21.5. The Morgan fingerprint density at radius 1 is 1.10 bits per heavy atom. The van der Waals surface area contributed by atoms with Crippen LogP contribution in [0, 0.1) is 11.6 Å². The number of amides is 2. The van der Waals surface area contributed by atoms with E-state index in [0.29, 0.717) is 19.0 Å². The van der Waals surface area contributed by atoms with E-state index in [9.17, 15) is 13.6 Å². The number of anilines is 1. The van der Waals surface area contributed by atoms with Gasteiger partial charge in [-0.25, -0.2) is 18.6 Å². The number of aliphatic imine (C=N–C) groups is 1. The summed E-state index contributed by atoms with van der Waals surface area (Å²) in [4.78, 5) is 18.6. The molecule has 0 spiro atoms. The number of hydrogen-bond donors (Lipinski definition) is 3. The fourth-order valence-corrected chi connectivity index (χ4v) is 3.24. The van der Waals surface area contributed by atoms with E-state index in [1.54, 1.807) is 0 Å². The van der Waals surface area contributed by atoms with E-state index in [1.807, 2.05) is 36.1 Å². The van der Waals surface area contributed by atoms with E-state index in [-0.39, 0.29) is 18.1 Å². The Morgan fingerprint density at radius 3 is 2.67 bits per heavy atom. The Hall–Kier alpha value is -3.16. The van der Waals surface area contributed by atoms with E-state index in [4.69, 9.17) is 0 Å². The number of carbonyl (C=O) groups is 1. The molecule has 8 heteroatoms. The highest BCUT2D eigenvalue weighted by Gasteiger charge is 2.17. The minimum atomic E-state index is -0.483. The molecule has 1 fully saturated rings. The average molecular weight is 415 g/mol. The van der Waals surface area contributed by atoms with Gasteiger partial charge in [-0.2, -0.15) is 0 Å². The Labute approximate surface area is 175 Å². The molecule has 1 aliphatic rings. The smallest absolute Gasteiger partial charge is 0.321 e. The first-order valence-corrected chi connectivity index (χ1v) is 10.2. The summed E-state index contributed by atoms with van der Waals surface area (Å²) in [6, 6.07) is 10.8. The molecule has 2 amide bonds. The predicted octanol–water partition coefficient (Wildman–Crippen LogP) is 3.85. The minimum Gasteiger partial charge on any atom is -0.357 e. The van der Waals surface area contributed by atoms with Gasteiger partial charge < -0.3 is 20.9 Å². The minimum absolute atomic E-state index is 0.0831. The van der Waals surface area contributed by atoms with Crippen molar-refractivity contribution >= 4 is 17.7 Å². The van der Waals surface area contributed by atoms with Crippen LogP contribution >= 0.6 is 0 Å². The number of likely N-dealkylation sites (tertiary alicyclic amines) is 1. The highest BCUT2D eigenvalue weighted by molar-refractivity contribution is 5.89. The topological polar surface area (TPSA) is 68.8 Å². The Balaban J connectivity index is 1.61. The summed E-state index contributed by atoms with van der Waals surface area (Å²) in [7, 11) is 0. The van der Waals surface area contributed by atoms with Crippen LogP contribution in [0.4, 0.5) is 19.3 Å². The number of nitrogens with one attached hydrogen (secondary N) is 3. The summed E-state index contributed by atoms with van der Waals surface area (Å²) in [5.74, 6) is -0.461. The summed E-state index contributed by atoms with van der Waals surface area (Å²) >= 11 is 0. The molecule has 0 radical (unpaired) electrons. The van der Waals surface area contributed by atoms with Crippen molar-refractivity contribution in [3.05, 3.63) is 65.2 Å². The Morgan fingerprint density at radius 2 is 1.90 bits per heavy atom. The van der Waals surface area contributed by atoms with Crippen molar-refractivity contribution in [2.45, 2.75) is 32.9 Å². The summed E-state index contributed by atoms with van der Waals surface area (Å²) < 4.78 is 27.2. The second-order valence-electron chi connectivity index (χ2n) is 7.11. The van der Waals surface area contributed by atoms with Crippen LogP contribution in [0.1, 0.15) is 30.9 Å². The van der Waals surface area contributed by atoms with E-state index in [1.165, 1.54) is 6.07 Å². The maximum atomic E-state index is 13.8. The molecule has 1 heterocycles. The molecule has 160 valence electrons. The van der Waals surface area contributed by atoms with Crippen LogP contribution < -0.4 is 16.0 Å². The van der Waals surface area contributed by atoms with Crippen LogP contribution in [-0.4, -0.2) is 36.5 Å². The second kappa shape index (κ2) is 10.6. The highest BCUT2D eigenvalue weighted by atomic mass is 19.1. The van der Waals surface area contributed by atoms with Gasteiger partial charge in [0.15, 0.2) is 5.96 Å². The molecule has 0 bridgehead atoms. The van der Waals surface area contributed by atoms with Gasteiger partial charge in [-0.15, -0.1) is 0 Å². The zero-order valence-corrected chi connectivity index (χ0v) is 17.0. The SMILES string of the molecule is CCNC(=NCc1cccc(NC(=O)N2CCCC2)c1)NCc1cc(F)ccc1F. The number of nitrogens with zero attached hydrogens (tertiary/aromatic N) is 2. The fraction of sp³-hybridized carbons (Fsp3) is 0.364. The van der Waals surface area contributed by atoms with E-state index in [2.05, 4.69) is 20.9 Å². The van der Waals surface area contributed by atoms with Crippen LogP contribution in [0.3, 0.4) is 0 Å². The van der Waals surface area contributed by atoms with Crippen molar-refractivity contribution in [3.8, 4) is 0 Å². The number of rotatable bonds is 6. The monoisotopic (exact) mass is 415 g/mol. The molecule has 3 N–H and O–H groups in total. The molecule has 1 aliphatic heterocycles. The fourth-order valence-electron chi connectivity index (χ4n) is 3.24. The van der Waals surface area contributed by atoms with Gasteiger partial charge in [0, 0.05) is 37.4 Å². The lowest BCUT2D eigenvalue weighted by Crippen LogP contribution is -2.37. The molecule has 0 saturated carbocycles. The quantitative estimate of drug-likeness (QED) is 0.496. The van der Waals surface area contributed by atoms with Gasteiger partial charge in [-0.3, -0.25) is 0 Å². The second-order valence-corrected chi connectivity index (χ2v) is 7.11. The maximum Gasteiger partial charge on any atom is 0.321 e. The zero-order valence-electron chi connectivity index (χ0n) is 17.0. The molecular weight excluding hydrogens is 388 g/mol. The molecule has 0 unspecified atom stereocenters. The Kier molecular flexibility index (Phi) is 7.59. The first-order chi connectivity index (χ1) is 14.5. The van der Waals surface area contributed by atoms with Crippen LogP contribution in [0.2, 0.25) is 0 Å². The molecule has 3 rings (SSSR count). The summed E-state index contributed by atoms with van der Waals surface area (Å²) in [6.07, 6.45) is 2.09. The third-order valence-electron chi connectivity index (χ3n) is 4.79. The molecule has 1 saturated heterocycles. The number of halogens is 2. The maximum absolute atomic E-state index is 13.8. The molecule has 2 aromatic rings. The third-order valence-corrected chi connectivity index (χ3v) is 4.79. The molecule has 0 aliphatic carbocycles. The first-order valence-electron chi connectivity index (χ1n) is 10.2. The molecule has 0 atom stereocenters. The van der Waals surface area contributed by atoms with Gasteiger partial charge in [0.05, 0.1) is 6.54 Å². The van der Waals surface area contributed by atoms with Crippen molar-refractivity contribution in [1.82, 2.24) is 15.5 Å². The van der Waals surface area contributed by atoms with Crippen molar-refractivity contribution in [1.29, 1.82) is 0 Å².